The molecule has 0 bridgehead atoms. The van der Waals surface area contributed by atoms with Gasteiger partial charge in [-0.1, -0.05) is 12.1 Å². The molecule has 6 nitrogen and oxygen atoms in total. The van der Waals surface area contributed by atoms with Crippen LogP contribution >= 0.6 is 0 Å². The molecule has 0 spiro atoms. The molecule has 0 aliphatic carbocycles. The number of hydrogen-bond acceptors (Lipinski definition) is 5. The fraction of sp³-hybridized carbons (Fsp3) is 0.294. The molecule has 0 N–H and O–H groups in total. The zero-order chi connectivity index (χ0) is 20.7. The van der Waals surface area contributed by atoms with Crippen LogP contribution in [0.15, 0.2) is 47.4 Å². The van der Waals surface area contributed by atoms with Crippen molar-refractivity contribution in [3.63, 3.8) is 0 Å². The second kappa shape index (κ2) is 7.04. The summed E-state index contributed by atoms with van der Waals surface area (Å²) in [6.07, 6.45) is 1.18. The Kier molecular flexibility index (Phi) is 5.04. The molecule has 0 radical (unpaired) electrons. The Morgan fingerprint density at radius 2 is 1.86 bits per heavy atom. The normalized spacial score (nSPS) is 17.7. The second-order valence-corrected chi connectivity index (χ2v) is 8.20. The fourth-order valence-corrected chi connectivity index (χ4v) is 4.09. The lowest BCUT2D eigenvalue weighted by molar-refractivity contribution is -0.384. The number of benzene rings is 2. The van der Waals surface area contributed by atoms with Crippen LogP contribution in [0.4, 0.5) is 28.9 Å². The van der Waals surface area contributed by atoms with Gasteiger partial charge in [0, 0.05) is 12.6 Å². The van der Waals surface area contributed by atoms with Gasteiger partial charge in [0.05, 0.1) is 15.9 Å². The van der Waals surface area contributed by atoms with E-state index in [0.29, 0.717) is 37.1 Å². The Balaban J connectivity index is 2.08. The van der Waals surface area contributed by atoms with Crippen molar-refractivity contribution >= 4 is 21.2 Å². The zero-order valence-corrected chi connectivity index (χ0v) is 15.0. The summed E-state index contributed by atoms with van der Waals surface area (Å²) >= 11 is 0. The van der Waals surface area contributed by atoms with Crippen molar-refractivity contribution in [2.75, 3.05) is 11.4 Å². The lowest BCUT2D eigenvalue weighted by Gasteiger charge is -2.27. The number of anilines is 1. The van der Waals surface area contributed by atoms with Crippen LogP contribution in [0.1, 0.15) is 24.4 Å². The fourth-order valence-electron chi connectivity index (χ4n) is 3.31. The van der Waals surface area contributed by atoms with Gasteiger partial charge in [-0.2, -0.15) is 13.2 Å². The van der Waals surface area contributed by atoms with Gasteiger partial charge < -0.3 is 4.90 Å². The summed E-state index contributed by atoms with van der Waals surface area (Å²) in [5.74, 6) is -0.481. The molecule has 1 aliphatic heterocycles. The monoisotopic (exact) mass is 418 g/mol. The van der Waals surface area contributed by atoms with Crippen molar-refractivity contribution in [3.8, 4) is 0 Å². The lowest BCUT2D eigenvalue weighted by Crippen LogP contribution is -2.25. The van der Waals surface area contributed by atoms with Crippen LogP contribution in [0, 0.1) is 15.9 Å². The Morgan fingerprint density at radius 3 is 2.46 bits per heavy atom. The van der Waals surface area contributed by atoms with E-state index in [1.807, 2.05) is 0 Å². The summed E-state index contributed by atoms with van der Waals surface area (Å²) in [5, 5.41) is 11.4. The topological polar surface area (TPSA) is 80.5 Å². The molecular formula is C17H14F4N2O4S. The maximum Gasteiger partial charge on any atom is 0.501 e. The third-order valence-electron chi connectivity index (χ3n) is 4.55. The van der Waals surface area contributed by atoms with E-state index in [1.54, 1.807) is 11.0 Å². The number of alkyl halides is 3. The van der Waals surface area contributed by atoms with Gasteiger partial charge in [0.2, 0.25) is 0 Å². The summed E-state index contributed by atoms with van der Waals surface area (Å²) in [6.45, 7) is 0.355. The van der Waals surface area contributed by atoms with E-state index in [4.69, 9.17) is 0 Å². The number of nitrogens with zero attached hydrogens (tertiary/aromatic N) is 2. The highest BCUT2D eigenvalue weighted by molar-refractivity contribution is 7.92. The van der Waals surface area contributed by atoms with Gasteiger partial charge in [0.25, 0.3) is 15.5 Å². The van der Waals surface area contributed by atoms with Gasteiger partial charge in [0.1, 0.15) is 11.5 Å². The molecule has 2 aromatic rings. The molecule has 1 saturated heterocycles. The van der Waals surface area contributed by atoms with Crippen LogP contribution < -0.4 is 4.90 Å². The van der Waals surface area contributed by atoms with Gasteiger partial charge in [-0.3, -0.25) is 10.1 Å². The first-order valence-electron chi connectivity index (χ1n) is 8.14. The Labute approximate surface area is 157 Å². The Morgan fingerprint density at radius 1 is 1.14 bits per heavy atom. The lowest BCUT2D eigenvalue weighted by atomic mass is 10.0. The predicted octanol–water partition coefficient (Wildman–Crippen LogP) is 4.37. The van der Waals surface area contributed by atoms with E-state index >= 15 is 0 Å². The summed E-state index contributed by atoms with van der Waals surface area (Å²) in [4.78, 5) is 10.9. The maximum atomic E-state index is 13.6. The number of halogens is 4. The maximum absolute atomic E-state index is 13.6. The largest absolute Gasteiger partial charge is 0.501 e. The first-order chi connectivity index (χ1) is 13.0. The van der Waals surface area contributed by atoms with Crippen LogP contribution in [0.25, 0.3) is 0 Å². The molecule has 3 rings (SSSR count). The van der Waals surface area contributed by atoms with E-state index in [0.717, 1.165) is 6.07 Å². The summed E-state index contributed by atoms with van der Waals surface area (Å²) in [5.41, 5.74) is -5.77. The predicted molar refractivity (Wildman–Crippen MR) is 92.1 cm³/mol. The molecule has 28 heavy (non-hydrogen) atoms. The molecule has 150 valence electrons. The highest BCUT2D eigenvalue weighted by Gasteiger charge is 2.47. The Bertz CT molecular complexity index is 1020. The molecule has 0 unspecified atom stereocenters. The molecule has 0 amide bonds. The summed E-state index contributed by atoms with van der Waals surface area (Å²) in [6, 6.07) is 7.38. The first kappa shape index (κ1) is 20.1. The minimum atomic E-state index is -5.72. The van der Waals surface area contributed by atoms with E-state index in [9.17, 15) is 36.1 Å². The van der Waals surface area contributed by atoms with Crippen molar-refractivity contribution < 1.29 is 30.9 Å². The Hall–Kier alpha value is -2.69. The molecule has 11 heteroatoms. The number of sulfone groups is 1. The van der Waals surface area contributed by atoms with Crippen LogP contribution in [0.5, 0.6) is 0 Å². The van der Waals surface area contributed by atoms with E-state index in [-0.39, 0.29) is 5.69 Å². The van der Waals surface area contributed by atoms with Gasteiger partial charge in [-0.15, -0.1) is 0 Å². The summed E-state index contributed by atoms with van der Waals surface area (Å²) < 4.78 is 75.0. The molecule has 0 aromatic heterocycles. The molecule has 2 aromatic carbocycles. The van der Waals surface area contributed by atoms with Gasteiger partial charge >= 0.3 is 5.51 Å². The summed E-state index contributed by atoms with van der Waals surface area (Å²) in [7, 11) is -5.72. The number of nitro groups is 1. The van der Waals surface area contributed by atoms with Gasteiger partial charge in [-0.05, 0) is 42.7 Å². The van der Waals surface area contributed by atoms with Crippen molar-refractivity contribution in [2.45, 2.75) is 29.3 Å². The number of rotatable bonds is 4. The molecule has 1 atom stereocenters. The van der Waals surface area contributed by atoms with E-state index in [2.05, 4.69) is 0 Å². The zero-order valence-electron chi connectivity index (χ0n) is 14.2. The molecule has 1 heterocycles. The number of hydrogen-bond donors (Lipinski definition) is 0. The van der Waals surface area contributed by atoms with Crippen LogP contribution in [-0.4, -0.2) is 25.4 Å². The second-order valence-electron chi connectivity index (χ2n) is 6.26. The average Bonchev–Trinajstić information content (AvgIpc) is 3.09. The van der Waals surface area contributed by atoms with Gasteiger partial charge in [0.15, 0.2) is 0 Å². The van der Waals surface area contributed by atoms with Crippen LogP contribution in [0.3, 0.4) is 0 Å². The standard InChI is InChI=1S/C17H14F4N2O4S/c18-12-4-1-3-11(9-12)14-5-2-8-22(14)15-7-6-13(10-16(15)23(24)25)28(26,27)17(19,20)21/h1,3-4,6-7,9-10,14H,2,5,8H2/t14-/m1/s1. The van der Waals surface area contributed by atoms with E-state index < -0.39 is 42.7 Å². The smallest absolute Gasteiger partial charge is 0.359 e. The minimum Gasteiger partial charge on any atom is -0.359 e. The molecule has 1 aliphatic rings. The van der Waals surface area contributed by atoms with Crippen LogP contribution in [-0.2, 0) is 9.84 Å². The van der Waals surface area contributed by atoms with Crippen molar-refractivity contribution in [2.24, 2.45) is 0 Å². The number of nitro benzene ring substituents is 1. The van der Waals surface area contributed by atoms with Crippen molar-refractivity contribution in [1.29, 1.82) is 0 Å². The van der Waals surface area contributed by atoms with Crippen LogP contribution in [0.2, 0.25) is 0 Å². The SMILES string of the molecule is O=[N+]([O-])c1cc(S(=O)(=O)C(F)(F)F)ccc1N1CCC[C@@H]1c1cccc(F)c1. The van der Waals surface area contributed by atoms with Crippen molar-refractivity contribution in [3.05, 3.63) is 64.0 Å². The third-order valence-corrected chi connectivity index (χ3v) is 6.04. The minimum absolute atomic E-state index is 0.0158. The first-order valence-corrected chi connectivity index (χ1v) is 9.62. The quantitative estimate of drug-likeness (QED) is 0.419. The third kappa shape index (κ3) is 3.53. The van der Waals surface area contributed by atoms with Crippen molar-refractivity contribution in [1.82, 2.24) is 0 Å². The highest BCUT2D eigenvalue weighted by atomic mass is 32.2. The highest BCUT2D eigenvalue weighted by Crippen LogP contribution is 2.42. The molecule has 0 saturated carbocycles. The average molecular weight is 418 g/mol. The molecular weight excluding hydrogens is 404 g/mol. The van der Waals surface area contributed by atoms with Gasteiger partial charge in [-0.25, -0.2) is 12.8 Å². The molecule has 1 fully saturated rings. The van der Waals surface area contributed by atoms with E-state index in [1.165, 1.54) is 18.2 Å².